The van der Waals surface area contributed by atoms with Crippen molar-refractivity contribution in [2.75, 3.05) is 32.2 Å². The third-order valence-corrected chi connectivity index (χ3v) is 4.54. The Morgan fingerprint density at radius 3 is 2.43 bits per heavy atom. The van der Waals surface area contributed by atoms with E-state index >= 15 is 0 Å². The number of anilines is 1. The number of hydrogen-bond acceptors (Lipinski definition) is 4. The van der Waals surface area contributed by atoms with Gasteiger partial charge in [-0.3, -0.25) is 9.59 Å². The standard InChI is InChI=1S/C17H22N2O4/c1-11-16(20)19(9-8-18(11)17(21)12-4-5-12)13-6-7-14(22-2)15(10-13)23-3/h6-7,10-12H,4-5,8-9H2,1-3H3. The van der Waals surface area contributed by atoms with E-state index in [1.165, 1.54) is 0 Å². The molecule has 0 N–H and O–H groups in total. The summed E-state index contributed by atoms with van der Waals surface area (Å²) < 4.78 is 10.5. The molecule has 2 aliphatic rings. The number of piperazine rings is 1. The highest BCUT2D eigenvalue weighted by atomic mass is 16.5. The molecule has 1 aromatic rings. The molecule has 2 fully saturated rings. The van der Waals surface area contributed by atoms with Crippen LogP contribution in [0.25, 0.3) is 0 Å². The topological polar surface area (TPSA) is 59.1 Å². The third-order valence-electron chi connectivity index (χ3n) is 4.54. The summed E-state index contributed by atoms with van der Waals surface area (Å²) in [6, 6.07) is 4.99. The van der Waals surface area contributed by atoms with Crippen LogP contribution in [0, 0.1) is 5.92 Å². The van der Waals surface area contributed by atoms with Crippen molar-refractivity contribution in [3.63, 3.8) is 0 Å². The van der Waals surface area contributed by atoms with Crippen molar-refractivity contribution in [3.05, 3.63) is 18.2 Å². The summed E-state index contributed by atoms with van der Waals surface area (Å²) in [5.74, 6) is 1.41. The Morgan fingerprint density at radius 2 is 1.83 bits per heavy atom. The molecule has 1 saturated carbocycles. The molecule has 1 aliphatic heterocycles. The predicted molar refractivity (Wildman–Crippen MR) is 85.8 cm³/mol. The largest absolute Gasteiger partial charge is 0.493 e. The van der Waals surface area contributed by atoms with Crippen molar-refractivity contribution in [3.8, 4) is 11.5 Å². The van der Waals surface area contributed by atoms with Crippen LogP contribution in [0.2, 0.25) is 0 Å². The molecule has 1 atom stereocenters. The Morgan fingerprint density at radius 1 is 1.13 bits per heavy atom. The molecule has 1 saturated heterocycles. The molecule has 0 bridgehead atoms. The molecule has 6 nitrogen and oxygen atoms in total. The highest BCUT2D eigenvalue weighted by Crippen LogP contribution is 2.35. The second-order valence-corrected chi connectivity index (χ2v) is 6.01. The lowest BCUT2D eigenvalue weighted by atomic mass is 10.1. The van der Waals surface area contributed by atoms with E-state index in [4.69, 9.17) is 9.47 Å². The zero-order valence-electron chi connectivity index (χ0n) is 13.7. The maximum absolute atomic E-state index is 12.7. The van der Waals surface area contributed by atoms with E-state index in [2.05, 4.69) is 0 Å². The van der Waals surface area contributed by atoms with Gasteiger partial charge in [0.05, 0.1) is 14.2 Å². The fourth-order valence-electron chi connectivity index (χ4n) is 2.99. The first-order valence-corrected chi connectivity index (χ1v) is 7.90. The second kappa shape index (κ2) is 6.10. The van der Waals surface area contributed by atoms with E-state index in [9.17, 15) is 9.59 Å². The summed E-state index contributed by atoms with van der Waals surface area (Å²) >= 11 is 0. The maximum atomic E-state index is 12.7. The third kappa shape index (κ3) is 2.85. The maximum Gasteiger partial charge on any atom is 0.249 e. The first kappa shape index (κ1) is 15.6. The van der Waals surface area contributed by atoms with Gasteiger partial charge >= 0.3 is 0 Å². The van der Waals surface area contributed by atoms with Crippen LogP contribution in [-0.2, 0) is 9.59 Å². The molecule has 1 aliphatic carbocycles. The van der Waals surface area contributed by atoms with Gasteiger partial charge in [-0.25, -0.2) is 0 Å². The summed E-state index contributed by atoms with van der Waals surface area (Å²) in [5, 5.41) is 0. The molecule has 6 heteroatoms. The molecule has 124 valence electrons. The van der Waals surface area contributed by atoms with Gasteiger partial charge in [-0.1, -0.05) is 0 Å². The quantitative estimate of drug-likeness (QED) is 0.847. The van der Waals surface area contributed by atoms with Crippen LogP contribution >= 0.6 is 0 Å². The van der Waals surface area contributed by atoms with Gasteiger partial charge in [0.1, 0.15) is 6.04 Å². The molecule has 0 radical (unpaired) electrons. The van der Waals surface area contributed by atoms with Gasteiger partial charge in [0, 0.05) is 30.8 Å². The number of carbonyl (C=O) groups excluding carboxylic acids is 2. The highest BCUT2D eigenvalue weighted by Gasteiger charge is 2.40. The number of benzene rings is 1. The monoisotopic (exact) mass is 318 g/mol. The molecule has 3 rings (SSSR count). The van der Waals surface area contributed by atoms with Crippen LogP contribution in [-0.4, -0.2) is 50.1 Å². The van der Waals surface area contributed by atoms with Crippen LogP contribution in [0.3, 0.4) is 0 Å². The lowest BCUT2D eigenvalue weighted by molar-refractivity contribution is -0.141. The Hall–Kier alpha value is -2.24. The fraction of sp³-hybridized carbons (Fsp3) is 0.529. The Kier molecular flexibility index (Phi) is 4.15. The van der Waals surface area contributed by atoms with Gasteiger partial charge < -0.3 is 19.3 Å². The van der Waals surface area contributed by atoms with Gasteiger partial charge in [0.2, 0.25) is 11.8 Å². The number of methoxy groups -OCH3 is 2. The first-order chi connectivity index (χ1) is 11.1. The minimum Gasteiger partial charge on any atom is -0.493 e. The summed E-state index contributed by atoms with van der Waals surface area (Å²) in [6.45, 7) is 2.86. The lowest BCUT2D eigenvalue weighted by Crippen LogP contribution is -2.58. The average Bonchev–Trinajstić information content (AvgIpc) is 3.41. The molecule has 1 aromatic carbocycles. The zero-order chi connectivity index (χ0) is 16.6. The summed E-state index contributed by atoms with van der Waals surface area (Å²) in [7, 11) is 3.14. The number of amides is 2. The van der Waals surface area contributed by atoms with Crippen LogP contribution in [0.5, 0.6) is 11.5 Å². The van der Waals surface area contributed by atoms with Gasteiger partial charge in [-0.2, -0.15) is 0 Å². The summed E-state index contributed by atoms with van der Waals surface area (Å²) in [5.41, 5.74) is 0.762. The first-order valence-electron chi connectivity index (χ1n) is 7.90. The van der Waals surface area contributed by atoms with E-state index in [1.54, 1.807) is 43.1 Å². The van der Waals surface area contributed by atoms with Crippen molar-refractivity contribution in [1.82, 2.24) is 4.90 Å². The SMILES string of the molecule is COc1ccc(N2CCN(C(=O)C3CC3)C(C)C2=O)cc1OC. The van der Waals surface area contributed by atoms with Gasteiger partial charge in [0.15, 0.2) is 11.5 Å². The smallest absolute Gasteiger partial charge is 0.249 e. The Labute approximate surface area is 136 Å². The van der Waals surface area contributed by atoms with Crippen LogP contribution in [0.1, 0.15) is 19.8 Å². The van der Waals surface area contributed by atoms with E-state index < -0.39 is 6.04 Å². The van der Waals surface area contributed by atoms with Gasteiger partial charge in [0.25, 0.3) is 0 Å². The molecule has 2 amide bonds. The lowest BCUT2D eigenvalue weighted by Gasteiger charge is -2.39. The van der Waals surface area contributed by atoms with Gasteiger partial charge in [-0.15, -0.1) is 0 Å². The van der Waals surface area contributed by atoms with E-state index in [0.29, 0.717) is 24.6 Å². The summed E-state index contributed by atoms with van der Waals surface area (Å²) in [4.78, 5) is 28.4. The van der Waals surface area contributed by atoms with E-state index in [0.717, 1.165) is 18.5 Å². The number of carbonyl (C=O) groups is 2. The summed E-state index contributed by atoms with van der Waals surface area (Å²) in [6.07, 6.45) is 1.91. The molecular formula is C17H22N2O4. The van der Waals surface area contributed by atoms with Crippen molar-refractivity contribution in [2.24, 2.45) is 5.92 Å². The van der Waals surface area contributed by atoms with Crippen molar-refractivity contribution < 1.29 is 19.1 Å². The molecule has 0 spiro atoms. The molecular weight excluding hydrogens is 296 g/mol. The van der Waals surface area contributed by atoms with E-state index in [-0.39, 0.29) is 17.7 Å². The molecule has 23 heavy (non-hydrogen) atoms. The Bertz CT molecular complexity index is 627. The number of nitrogens with zero attached hydrogens (tertiary/aromatic N) is 2. The van der Waals surface area contributed by atoms with Crippen molar-refractivity contribution >= 4 is 17.5 Å². The number of ether oxygens (including phenoxy) is 2. The fourth-order valence-corrected chi connectivity index (χ4v) is 2.99. The van der Waals surface area contributed by atoms with Crippen LogP contribution in [0.15, 0.2) is 18.2 Å². The number of rotatable bonds is 4. The zero-order valence-corrected chi connectivity index (χ0v) is 13.7. The van der Waals surface area contributed by atoms with Crippen molar-refractivity contribution in [2.45, 2.75) is 25.8 Å². The van der Waals surface area contributed by atoms with Crippen molar-refractivity contribution in [1.29, 1.82) is 0 Å². The predicted octanol–water partition coefficient (Wildman–Crippen LogP) is 1.68. The molecule has 0 aromatic heterocycles. The number of hydrogen-bond donors (Lipinski definition) is 0. The van der Waals surface area contributed by atoms with Crippen LogP contribution in [0.4, 0.5) is 5.69 Å². The highest BCUT2D eigenvalue weighted by molar-refractivity contribution is 6.00. The molecule has 1 unspecified atom stereocenters. The van der Waals surface area contributed by atoms with Gasteiger partial charge in [-0.05, 0) is 31.9 Å². The molecule has 1 heterocycles. The Balaban J connectivity index is 1.79. The minimum absolute atomic E-state index is 0.0579. The minimum atomic E-state index is -0.426. The average molecular weight is 318 g/mol. The normalized spacial score (nSPS) is 21.3. The van der Waals surface area contributed by atoms with Crippen LogP contribution < -0.4 is 14.4 Å². The van der Waals surface area contributed by atoms with E-state index in [1.807, 2.05) is 6.07 Å². The second-order valence-electron chi connectivity index (χ2n) is 6.01.